The second kappa shape index (κ2) is 10.5. The van der Waals surface area contributed by atoms with Gasteiger partial charge in [0.2, 0.25) is 11.8 Å². The molecule has 0 saturated carbocycles. The van der Waals surface area contributed by atoms with Crippen molar-refractivity contribution >= 4 is 37.7 Å². The number of fused-ring (bicyclic) bond motifs is 3. The molecule has 4 heterocycles. The summed E-state index contributed by atoms with van der Waals surface area (Å²) in [5.74, 6) is 2.07. The van der Waals surface area contributed by atoms with Gasteiger partial charge in [-0.3, -0.25) is 0 Å². The van der Waals surface area contributed by atoms with Gasteiger partial charge in [0.1, 0.15) is 15.0 Å². The number of nitrogens with one attached hydrogen (secondary N) is 1. The van der Waals surface area contributed by atoms with E-state index in [-0.39, 0.29) is 0 Å². The molecule has 0 radical (unpaired) electrons. The van der Waals surface area contributed by atoms with E-state index in [2.05, 4.69) is 46.6 Å². The number of allylic oxidation sites excluding steroid dienone is 4. The van der Waals surface area contributed by atoms with Gasteiger partial charge in [0, 0.05) is 31.7 Å². The van der Waals surface area contributed by atoms with E-state index in [1.54, 1.807) is 11.3 Å². The molecule has 1 N–H and O–H groups in total. The van der Waals surface area contributed by atoms with Gasteiger partial charge in [-0.05, 0) is 32.8 Å². The van der Waals surface area contributed by atoms with Gasteiger partial charge in [-0.25, -0.2) is 15.0 Å². The molecule has 3 aromatic heterocycles. The van der Waals surface area contributed by atoms with E-state index in [1.807, 2.05) is 32.9 Å². The molecule has 1 aliphatic heterocycles. The average molecular weight is 487 g/mol. The second-order valence-corrected chi connectivity index (χ2v) is 9.45. The van der Waals surface area contributed by atoms with E-state index >= 15 is 0 Å². The van der Waals surface area contributed by atoms with Gasteiger partial charge in [0.15, 0.2) is 5.82 Å². The molecule has 5 rings (SSSR count). The van der Waals surface area contributed by atoms with E-state index in [4.69, 9.17) is 24.7 Å². The topological polar surface area (TPSA) is 76.1 Å². The fourth-order valence-electron chi connectivity index (χ4n) is 4.22. The molecule has 1 aliphatic rings. The number of hydrogen-bond donors (Lipinski definition) is 1. The van der Waals surface area contributed by atoms with Crippen LogP contribution in [0.4, 0.5) is 5.95 Å². The fraction of sp³-hybridized carbons (Fsp3) is 0.333. The van der Waals surface area contributed by atoms with Gasteiger partial charge < -0.3 is 15.0 Å². The Bertz CT molecular complexity index is 1390. The summed E-state index contributed by atoms with van der Waals surface area (Å²) in [5.41, 5.74) is 4.06. The summed E-state index contributed by atoms with van der Waals surface area (Å²) < 4.78 is 6.88. The lowest BCUT2D eigenvalue weighted by atomic mass is 10.1. The van der Waals surface area contributed by atoms with Crippen LogP contribution in [0.15, 0.2) is 48.6 Å². The largest absolute Gasteiger partial charge is 0.477 e. The lowest BCUT2D eigenvalue weighted by molar-refractivity contribution is 0.331. The molecule has 4 aromatic rings. The maximum Gasteiger partial charge on any atom is 0.236 e. The van der Waals surface area contributed by atoms with Crippen LogP contribution in [-0.4, -0.2) is 52.7 Å². The van der Waals surface area contributed by atoms with E-state index in [1.165, 1.54) is 5.56 Å². The van der Waals surface area contributed by atoms with Crippen LogP contribution >= 0.6 is 11.3 Å². The predicted octanol–water partition coefficient (Wildman–Crippen LogP) is 5.09. The molecule has 35 heavy (non-hydrogen) atoms. The zero-order chi connectivity index (χ0) is 24.2. The molecule has 0 unspecified atom stereocenters. The van der Waals surface area contributed by atoms with Crippen molar-refractivity contribution in [2.75, 3.05) is 37.7 Å². The molecule has 0 bridgehead atoms. The molecular formula is C27H30N6OS. The van der Waals surface area contributed by atoms with E-state index in [9.17, 15) is 0 Å². The Hall–Kier alpha value is -3.36. The van der Waals surface area contributed by atoms with E-state index in [0.717, 1.165) is 70.1 Å². The fourth-order valence-corrected chi connectivity index (χ4v) is 5.33. The first-order valence-electron chi connectivity index (χ1n) is 12.1. The van der Waals surface area contributed by atoms with Gasteiger partial charge in [-0.15, -0.1) is 11.3 Å². The molecule has 1 fully saturated rings. The Morgan fingerprint density at radius 3 is 2.60 bits per heavy atom. The van der Waals surface area contributed by atoms with Crippen molar-refractivity contribution in [3.63, 3.8) is 0 Å². The smallest absolute Gasteiger partial charge is 0.236 e. The van der Waals surface area contributed by atoms with Crippen LogP contribution in [0.3, 0.4) is 0 Å². The minimum atomic E-state index is 0.549. The summed E-state index contributed by atoms with van der Waals surface area (Å²) in [7, 11) is 0. The van der Waals surface area contributed by atoms with Crippen molar-refractivity contribution in [2.24, 2.45) is 0 Å². The van der Waals surface area contributed by atoms with Crippen LogP contribution < -0.4 is 15.0 Å². The number of ether oxygens (including phenoxy) is 1. The summed E-state index contributed by atoms with van der Waals surface area (Å²) in [6.07, 6.45) is 9.19. The molecule has 1 aromatic carbocycles. The number of aromatic nitrogens is 4. The number of hydrogen-bond acceptors (Lipinski definition) is 8. The first-order chi connectivity index (χ1) is 17.2. The number of piperazine rings is 1. The van der Waals surface area contributed by atoms with E-state index < -0.39 is 0 Å². The third-order valence-corrected chi connectivity index (χ3v) is 7.06. The molecule has 0 spiro atoms. The second-order valence-electron chi connectivity index (χ2n) is 8.45. The van der Waals surface area contributed by atoms with Gasteiger partial charge >= 0.3 is 0 Å². The standard InChI is InChI=1S/C27H30N6OS/c1-4-6-7-8-9-19-10-12-20(13-11-19)24-29-18(3)21-22-23(35-26(21)31-24)25(34-5-2)32-27(30-22)33-16-14-28-15-17-33/h4,6-8,10-13,28H,5,9,14-17H2,1-3H3/b6-4+,8-7+. The lowest BCUT2D eigenvalue weighted by Crippen LogP contribution is -2.44. The van der Waals surface area contributed by atoms with Gasteiger partial charge in [-0.1, -0.05) is 48.6 Å². The first kappa shape index (κ1) is 23.4. The Kier molecular flexibility index (Phi) is 7.01. The number of anilines is 1. The number of thiophene rings is 1. The number of nitrogens with zero attached hydrogens (tertiary/aromatic N) is 5. The summed E-state index contributed by atoms with van der Waals surface area (Å²) in [4.78, 5) is 22.7. The summed E-state index contributed by atoms with van der Waals surface area (Å²) in [5, 5.41) is 4.37. The SMILES string of the molecule is C/C=C/C=C/Cc1ccc(-c2nc(C)c3c(n2)sc2c(OCC)nc(N4CCNCC4)nc23)cc1. The molecule has 180 valence electrons. The van der Waals surface area contributed by atoms with Gasteiger partial charge in [0.05, 0.1) is 17.7 Å². The molecule has 0 amide bonds. The highest BCUT2D eigenvalue weighted by molar-refractivity contribution is 7.25. The average Bonchev–Trinajstić information content (AvgIpc) is 3.27. The van der Waals surface area contributed by atoms with Crippen LogP contribution in [0.1, 0.15) is 25.1 Å². The molecule has 0 atom stereocenters. The third kappa shape index (κ3) is 4.90. The summed E-state index contributed by atoms with van der Waals surface area (Å²) >= 11 is 1.58. The first-order valence-corrected chi connectivity index (χ1v) is 12.9. The maximum absolute atomic E-state index is 5.95. The quantitative estimate of drug-likeness (QED) is 0.365. The van der Waals surface area contributed by atoms with Crippen molar-refractivity contribution in [1.29, 1.82) is 0 Å². The van der Waals surface area contributed by atoms with Crippen LogP contribution in [0.5, 0.6) is 5.88 Å². The Morgan fingerprint density at radius 1 is 1.06 bits per heavy atom. The normalized spacial score (nSPS) is 14.7. The summed E-state index contributed by atoms with van der Waals surface area (Å²) in [6.45, 7) is 10.2. The number of benzene rings is 1. The van der Waals surface area contributed by atoms with Crippen molar-refractivity contribution in [3.05, 3.63) is 59.8 Å². The Labute approximate surface area is 209 Å². The van der Waals surface area contributed by atoms with Crippen LogP contribution in [0, 0.1) is 6.92 Å². The van der Waals surface area contributed by atoms with Gasteiger partial charge in [0.25, 0.3) is 0 Å². The van der Waals surface area contributed by atoms with Crippen LogP contribution in [0.2, 0.25) is 0 Å². The molecular weight excluding hydrogens is 456 g/mol. The third-order valence-electron chi connectivity index (χ3n) is 6.00. The zero-order valence-electron chi connectivity index (χ0n) is 20.4. The van der Waals surface area contributed by atoms with Crippen molar-refractivity contribution < 1.29 is 4.74 Å². The maximum atomic E-state index is 5.95. The lowest BCUT2D eigenvalue weighted by Gasteiger charge is -2.27. The minimum absolute atomic E-state index is 0.549. The minimum Gasteiger partial charge on any atom is -0.477 e. The number of rotatable bonds is 7. The summed E-state index contributed by atoms with van der Waals surface area (Å²) in [6, 6.07) is 8.48. The monoisotopic (exact) mass is 486 g/mol. The highest BCUT2D eigenvalue weighted by atomic mass is 32.1. The highest BCUT2D eigenvalue weighted by Gasteiger charge is 2.22. The molecule has 8 heteroatoms. The molecule has 1 saturated heterocycles. The zero-order valence-corrected chi connectivity index (χ0v) is 21.2. The van der Waals surface area contributed by atoms with Crippen LogP contribution in [-0.2, 0) is 6.42 Å². The van der Waals surface area contributed by atoms with E-state index in [0.29, 0.717) is 18.4 Å². The molecule has 7 nitrogen and oxygen atoms in total. The number of aryl methyl sites for hydroxylation is 1. The van der Waals surface area contributed by atoms with Gasteiger partial charge in [-0.2, -0.15) is 4.98 Å². The molecule has 0 aliphatic carbocycles. The van der Waals surface area contributed by atoms with Crippen molar-refractivity contribution in [1.82, 2.24) is 25.3 Å². The predicted molar refractivity (Wildman–Crippen MR) is 145 cm³/mol. The Morgan fingerprint density at radius 2 is 1.86 bits per heavy atom. The Balaban J connectivity index is 1.54. The highest BCUT2D eigenvalue weighted by Crippen LogP contribution is 2.39. The van der Waals surface area contributed by atoms with Crippen molar-refractivity contribution in [3.8, 4) is 17.3 Å². The van der Waals surface area contributed by atoms with Crippen LogP contribution in [0.25, 0.3) is 31.8 Å². The van der Waals surface area contributed by atoms with Crippen molar-refractivity contribution in [2.45, 2.75) is 27.2 Å².